The lowest BCUT2D eigenvalue weighted by atomic mass is 10.1. The summed E-state index contributed by atoms with van der Waals surface area (Å²) in [5.41, 5.74) is 0.626. The van der Waals surface area contributed by atoms with Crippen molar-refractivity contribution in [2.75, 3.05) is 18.8 Å². The molecule has 0 radical (unpaired) electrons. The molecular formula is C20H34Cl2FNO2SSi. The van der Waals surface area contributed by atoms with Gasteiger partial charge < -0.3 is 9.74 Å². The van der Waals surface area contributed by atoms with Crippen LogP contribution < -0.4 is 5.32 Å². The molecule has 0 aromatic heterocycles. The van der Waals surface area contributed by atoms with Gasteiger partial charge in [-0.25, -0.2) is 4.39 Å². The average Bonchev–Trinajstić information content (AvgIpc) is 2.61. The van der Waals surface area contributed by atoms with E-state index in [1.165, 1.54) is 12.1 Å². The van der Waals surface area contributed by atoms with Crippen LogP contribution in [0.1, 0.15) is 53.2 Å². The molecule has 0 aliphatic carbocycles. The highest BCUT2D eigenvalue weighted by Gasteiger charge is 2.34. The van der Waals surface area contributed by atoms with Crippen molar-refractivity contribution >= 4 is 42.3 Å². The molecule has 0 aliphatic rings. The van der Waals surface area contributed by atoms with E-state index < -0.39 is 24.9 Å². The van der Waals surface area contributed by atoms with Crippen LogP contribution >= 0.6 is 23.2 Å². The van der Waals surface area contributed by atoms with Crippen LogP contribution in [0.4, 0.5) is 4.39 Å². The summed E-state index contributed by atoms with van der Waals surface area (Å²) in [5.74, 6) is 0.0925. The van der Waals surface area contributed by atoms with Crippen LogP contribution in [0.15, 0.2) is 12.1 Å². The first-order valence-corrected chi connectivity index (χ1v) is 14.5. The fraction of sp³-hybridized carbons (Fsp3) is 0.700. The number of halogens is 3. The van der Waals surface area contributed by atoms with Gasteiger partial charge in [-0.05, 0) is 51.0 Å². The second-order valence-electron chi connectivity index (χ2n) is 8.00. The van der Waals surface area contributed by atoms with Gasteiger partial charge in [0.25, 0.3) is 0 Å². The minimum absolute atomic E-state index is 0.240. The highest BCUT2D eigenvalue weighted by Crippen LogP contribution is 2.37. The van der Waals surface area contributed by atoms with Gasteiger partial charge in [-0.3, -0.25) is 4.21 Å². The summed E-state index contributed by atoms with van der Waals surface area (Å²) >= 11 is 12.7. The zero-order valence-electron chi connectivity index (χ0n) is 17.8. The lowest BCUT2D eigenvalue weighted by molar-refractivity contribution is 0.187. The van der Waals surface area contributed by atoms with Crippen LogP contribution in [-0.4, -0.2) is 36.1 Å². The zero-order chi connectivity index (χ0) is 21.5. The molecule has 2 atom stereocenters. The molecule has 2 unspecified atom stereocenters. The molecule has 0 saturated carbocycles. The van der Waals surface area contributed by atoms with Crippen LogP contribution in [0.3, 0.4) is 0 Å². The maximum Gasteiger partial charge on any atom is 0.192 e. The minimum Gasteiger partial charge on any atom is -0.409 e. The first kappa shape index (κ1) is 26.1. The molecule has 0 aliphatic heterocycles. The Kier molecular flexibility index (Phi) is 10.6. The fourth-order valence-corrected chi connectivity index (χ4v) is 7.52. The standard InChI is InChI=1S/C20H34Cl2FNO2SSi/c1-7-28(8-2,9-3)26-18(14-24-10-11-27(25)20(4,5)6)19-16(21)12-15(23)13-17(19)22/h12-13,18,24H,7-11,14H2,1-6H3. The maximum absolute atomic E-state index is 13.7. The number of hydrogen-bond acceptors (Lipinski definition) is 3. The molecule has 0 fully saturated rings. The van der Waals surface area contributed by atoms with Crippen molar-refractivity contribution in [2.45, 2.75) is 70.5 Å². The van der Waals surface area contributed by atoms with Gasteiger partial charge in [-0.2, -0.15) is 0 Å². The van der Waals surface area contributed by atoms with E-state index in [4.69, 9.17) is 27.6 Å². The van der Waals surface area contributed by atoms with Crippen molar-refractivity contribution in [3.63, 3.8) is 0 Å². The third-order valence-electron chi connectivity index (χ3n) is 5.17. The molecule has 3 nitrogen and oxygen atoms in total. The third kappa shape index (κ3) is 7.37. The molecule has 28 heavy (non-hydrogen) atoms. The smallest absolute Gasteiger partial charge is 0.192 e. The monoisotopic (exact) mass is 469 g/mol. The van der Waals surface area contributed by atoms with E-state index in [2.05, 4.69) is 26.1 Å². The lowest BCUT2D eigenvalue weighted by Crippen LogP contribution is -2.40. The Balaban J connectivity index is 3.02. The summed E-state index contributed by atoms with van der Waals surface area (Å²) in [7, 11) is -2.87. The van der Waals surface area contributed by atoms with E-state index in [9.17, 15) is 8.60 Å². The van der Waals surface area contributed by atoms with Crippen molar-refractivity contribution in [1.82, 2.24) is 5.32 Å². The molecule has 162 valence electrons. The first-order valence-electron chi connectivity index (χ1n) is 9.91. The molecule has 0 heterocycles. The van der Waals surface area contributed by atoms with Gasteiger partial charge in [0.1, 0.15) is 5.82 Å². The molecular weight excluding hydrogens is 436 g/mol. The van der Waals surface area contributed by atoms with Crippen molar-refractivity contribution < 1.29 is 13.0 Å². The summed E-state index contributed by atoms with van der Waals surface area (Å²) in [5, 5.41) is 3.90. The first-order chi connectivity index (χ1) is 13.0. The number of rotatable bonds is 11. The maximum atomic E-state index is 13.7. The topological polar surface area (TPSA) is 38.3 Å². The molecule has 1 aromatic carbocycles. The number of nitrogens with one attached hydrogen (secondary N) is 1. The van der Waals surface area contributed by atoms with Gasteiger partial charge in [0.05, 0.1) is 16.1 Å². The van der Waals surface area contributed by atoms with Gasteiger partial charge in [0.15, 0.2) is 8.32 Å². The average molecular weight is 471 g/mol. The van der Waals surface area contributed by atoms with E-state index in [-0.39, 0.29) is 20.9 Å². The molecule has 1 N–H and O–H groups in total. The van der Waals surface area contributed by atoms with Gasteiger partial charge in [0, 0.05) is 40.0 Å². The van der Waals surface area contributed by atoms with Crippen molar-refractivity contribution in [2.24, 2.45) is 0 Å². The largest absolute Gasteiger partial charge is 0.409 e. The van der Waals surface area contributed by atoms with Gasteiger partial charge in [0.2, 0.25) is 0 Å². The Morgan fingerprint density at radius 2 is 1.64 bits per heavy atom. The van der Waals surface area contributed by atoms with E-state index in [1.807, 2.05) is 20.8 Å². The highest BCUT2D eigenvalue weighted by atomic mass is 35.5. The summed E-state index contributed by atoms with van der Waals surface area (Å²) in [6.45, 7) is 13.5. The van der Waals surface area contributed by atoms with E-state index in [1.54, 1.807) is 0 Å². The van der Waals surface area contributed by atoms with Crippen molar-refractivity contribution in [3.8, 4) is 0 Å². The second-order valence-corrected chi connectivity index (χ2v) is 15.9. The molecule has 0 spiro atoms. The van der Waals surface area contributed by atoms with Crippen LogP contribution in [0.25, 0.3) is 0 Å². The second kappa shape index (κ2) is 11.4. The molecule has 1 aromatic rings. The Labute approximate surface area is 183 Å². The Morgan fingerprint density at radius 3 is 2.07 bits per heavy atom. The number of benzene rings is 1. The summed E-state index contributed by atoms with van der Waals surface area (Å²) in [6, 6.07) is 5.52. The highest BCUT2D eigenvalue weighted by molar-refractivity contribution is 7.86. The lowest BCUT2D eigenvalue weighted by Gasteiger charge is -2.34. The third-order valence-corrected chi connectivity index (χ3v) is 12.4. The summed E-state index contributed by atoms with van der Waals surface area (Å²) in [6.07, 6.45) is -0.366. The van der Waals surface area contributed by atoms with Crippen LogP contribution in [0.2, 0.25) is 28.2 Å². The van der Waals surface area contributed by atoms with Gasteiger partial charge in [-0.15, -0.1) is 0 Å². The van der Waals surface area contributed by atoms with Gasteiger partial charge >= 0.3 is 0 Å². The Hall–Kier alpha value is 0.0169. The SMILES string of the molecule is CC[Si](CC)(CC)OC(CNCCS(=O)C(C)(C)C)c1c(Cl)cc(F)cc1Cl. The van der Waals surface area contributed by atoms with E-state index in [0.717, 1.165) is 18.1 Å². The molecule has 0 bridgehead atoms. The van der Waals surface area contributed by atoms with E-state index >= 15 is 0 Å². The van der Waals surface area contributed by atoms with Crippen molar-refractivity contribution in [3.05, 3.63) is 33.6 Å². The quantitative estimate of drug-likeness (QED) is 0.303. The molecule has 0 amide bonds. The van der Waals surface area contributed by atoms with Crippen LogP contribution in [0.5, 0.6) is 0 Å². The summed E-state index contributed by atoms with van der Waals surface area (Å²) < 4.78 is 32.3. The minimum atomic E-state index is -1.95. The number of hydrogen-bond donors (Lipinski definition) is 1. The predicted molar refractivity (Wildman–Crippen MR) is 123 cm³/mol. The fourth-order valence-electron chi connectivity index (χ4n) is 3.07. The molecule has 0 saturated heterocycles. The van der Waals surface area contributed by atoms with Crippen LogP contribution in [0, 0.1) is 5.82 Å². The predicted octanol–water partition coefficient (Wildman–Crippen LogP) is 6.33. The summed E-state index contributed by atoms with van der Waals surface area (Å²) in [4.78, 5) is 0. The van der Waals surface area contributed by atoms with Crippen molar-refractivity contribution in [1.29, 1.82) is 0 Å². The Morgan fingerprint density at radius 1 is 1.14 bits per heavy atom. The van der Waals surface area contributed by atoms with Crippen LogP contribution in [-0.2, 0) is 15.2 Å². The normalized spacial score (nSPS) is 14.9. The molecule has 1 rings (SSSR count). The Bertz CT molecular complexity index is 635. The zero-order valence-corrected chi connectivity index (χ0v) is 21.2. The van der Waals surface area contributed by atoms with E-state index in [0.29, 0.717) is 24.4 Å². The van der Waals surface area contributed by atoms with Gasteiger partial charge in [-0.1, -0.05) is 44.0 Å². The molecule has 8 heteroatoms.